The Morgan fingerprint density at radius 2 is 2.50 bits per heavy atom. The molecule has 0 aliphatic heterocycles. The van der Waals surface area contributed by atoms with Gasteiger partial charge >= 0.3 is 0 Å². The first-order valence-electron chi connectivity index (χ1n) is 4.67. The smallest absolute Gasteiger partial charge is 0.252 e. The predicted octanol–water partition coefficient (Wildman–Crippen LogP) is 1.28. The topological polar surface area (TPSA) is 55.1 Å². The summed E-state index contributed by atoms with van der Waals surface area (Å²) in [6, 6.07) is 4.23. The number of amides is 1. The summed E-state index contributed by atoms with van der Waals surface area (Å²) in [4.78, 5) is 11.4. The molecule has 0 unspecified atom stereocenters. The molecule has 0 aliphatic rings. The molecular formula is C8H9ClN2O. The summed E-state index contributed by atoms with van der Waals surface area (Å²) in [5.41, 5.74) is 5.92. The van der Waals surface area contributed by atoms with Gasteiger partial charge < -0.3 is 11.1 Å². The van der Waals surface area contributed by atoms with Crippen LogP contribution in [0, 0.1) is 0 Å². The van der Waals surface area contributed by atoms with Crippen LogP contribution in [0.3, 0.4) is 0 Å². The van der Waals surface area contributed by atoms with Gasteiger partial charge in [0.2, 0.25) is 0 Å². The van der Waals surface area contributed by atoms with Crippen molar-refractivity contribution in [1.29, 1.82) is 0 Å². The molecule has 0 atom stereocenters. The molecule has 0 heterocycles. The average molecular weight is 188 g/mol. The number of hydrogen-bond donors (Lipinski definition) is 2. The first kappa shape index (κ1) is 5.43. The summed E-state index contributed by atoms with van der Waals surface area (Å²) in [5.74, 6) is -0.750. The maximum atomic E-state index is 11.4. The Labute approximate surface area is 79.7 Å². The molecule has 0 saturated carbocycles. The van der Waals surface area contributed by atoms with Crippen molar-refractivity contribution in [3.8, 4) is 0 Å². The fraction of sp³-hybridized carbons (Fsp3) is 0.125. The minimum atomic E-state index is -2.53. The molecule has 0 saturated heterocycles. The monoisotopic (exact) mass is 187 g/mol. The van der Waals surface area contributed by atoms with Crippen LogP contribution in [0.4, 0.5) is 5.69 Å². The number of nitrogens with two attached hydrogens (primary N) is 1. The molecule has 3 nitrogen and oxygen atoms in total. The van der Waals surface area contributed by atoms with E-state index in [2.05, 4.69) is 0 Å². The Hall–Kier alpha value is -1.22. The van der Waals surface area contributed by atoms with Crippen molar-refractivity contribution in [2.24, 2.45) is 0 Å². The van der Waals surface area contributed by atoms with Crippen molar-refractivity contribution < 1.29 is 8.91 Å². The van der Waals surface area contributed by atoms with Crippen LogP contribution in [-0.4, -0.2) is 12.9 Å². The van der Waals surface area contributed by atoms with Crippen LogP contribution in [0.1, 0.15) is 14.5 Å². The molecule has 0 bridgehead atoms. The summed E-state index contributed by atoms with van der Waals surface area (Å²) in [7, 11) is 0. The Bertz CT molecular complexity index is 392. The number of nitrogens with one attached hydrogen (secondary N) is 1. The van der Waals surface area contributed by atoms with Gasteiger partial charge in [0.25, 0.3) is 5.91 Å². The zero-order chi connectivity index (χ0) is 11.6. The van der Waals surface area contributed by atoms with Crippen molar-refractivity contribution in [3.05, 3.63) is 28.8 Å². The van der Waals surface area contributed by atoms with Gasteiger partial charge in [-0.15, -0.1) is 0 Å². The molecule has 0 aliphatic carbocycles. The molecule has 0 aromatic heterocycles. The fourth-order valence-electron chi connectivity index (χ4n) is 0.783. The van der Waals surface area contributed by atoms with Crippen molar-refractivity contribution >= 4 is 23.2 Å². The van der Waals surface area contributed by atoms with E-state index in [0.717, 1.165) is 0 Å². The number of halogens is 1. The van der Waals surface area contributed by atoms with Gasteiger partial charge in [-0.2, -0.15) is 0 Å². The van der Waals surface area contributed by atoms with Gasteiger partial charge in [0.1, 0.15) is 0 Å². The largest absolute Gasteiger partial charge is 0.399 e. The van der Waals surface area contributed by atoms with E-state index in [0.29, 0.717) is 5.69 Å². The summed E-state index contributed by atoms with van der Waals surface area (Å²) in [5, 5.41) is 1.95. The fourth-order valence-corrected chi connectivity index (χ4v) is 1.06. The average Bonchev–Trinajstić information content (AvgIpc) is 1.99. The summed E-state index contributed by atoms with van der Waals surface area (Å²) in [6.45, 7) is -2.53. The van der Waals surface area contributed by atoms with Gasteiger partial charge in [0.05, 0.1) is 10.6 Å². The second-order valence-corrected chi connectivity index (χ2v) is 2.60. The number of carbonyl (C=O) groups is 1. The first-order valence-corrected chi connectivity index (χ1v) is 3.55. The minimum absolute atomic E-state index is 0.0852. The van der Waals surface area contributed by atoms with Crippen molar-refractivity contribution in [2.75, 3.05) is 12.7 Å². The second-order valence-electron chi connectivity index (χ2n) is 2.19. The Morgan fingerprint density at radius 1 is 1.75 bits per heavy atom. The van der Waals surface area contributed by atoms with Crippen LogP contribution in [0.25, 0.3) is 0 Å². The van der Waals surface area contributed by atoms with Gasteiger partial charge in [0, 0.05) is 16.8 Å². The van der Waals surface area contributed by atoms with Gasteiger partial charge in [-0.05, 0) is 18.2 Å². The summed E-state index contributed by atoms with van der Waals surface area (Å²) < 4.78 is 20.6. The van der Waals surface area contributed by atoms with Gasteiger partial charge in [-0.25, -0.2) is 0 Å². The maximum Gasteiger partial charge on any atom is 0.252 e. The summed E-state index contributed by atoms with van der Waals surface area (Å²) in [6.07, 6.45) is 0. The molecular weight excluding hydrogens is 176 g/mol. The van der Waals surface area contributed by atoms with E-state index < -0.39 is 12.9 Å². The number of benzene rings is 1. The predicted molar refractivity (Wildman–Crippen MR) is 49.3 cm³/mol. The maximum absolute atomic E-state index is 11.4. The third kappa shape index (κ3) is 1.68. The van der Waals surface area contributed by atoms with Crippen molar-refractivity contribution in [2.45, 2.75) is 0 Å². The lowest BCUT2D eigenvalue weighted by Crippen LogP contribution is -2.18. The molecule has 1 rings (SSSR count). The zero-order valence-corrected chi connectivity index (χ0v) is 6.85. The molecule has 3 N–H and O–H groups in total. The highest BCUT2D eigenvalue weighted by molar-refractivity contribution is 6.34. The summed E-state index contributed by atoms with van der Waals surface area (Å²) >= 11 is 5.73. The van der Waals surface area contributed by atoms with Crippen molar-refractivity contribution in [3.63, 3.8) is 0 Å². The molecule has 0 spiro atoms. The molecule has 12 heavy (non-hydrogen) atoms. The number of rotatable bonds is 1. The van der Waals surface area contributed by atoms with Crippen LogP contribution >= 0.6 is 11.6 Å². The lowest BCUT2D eigenvalue weighted by atomic mass is 10.2. The highest BCUT2D eigenvalue weighted by Crippen LogP contribution is 2.18. The number of nitrogen functional groups attached to an aromatic ring is 1. The van der Waals surface area contributed by atoms with Gasteiger partial charge in [-0.3, -0.25) is 4.79 Å². The van der Waals surface area contributed by atoms with E-state index in [-0.39, 0.29) is 10.6 Å². The number of anilines is 1. The zero-order valence-electron chi connectivity index (χ0n) is 9.10. The minimum Gasteiger partial charge on any atom is -0.399 e. The molecule has 0 radical (unpaired) electrons. The Balaban J connectivity index is 2.92. The third-order valence-electron chi connectivity index (χ3n) is 1.35. The lowest BCUT2D eigenvalue weighted by molar-refractivity contribution is 0.0963. The SMILES string of the molecule is [2H]C([2H])([2H])NC(=O)c1ccc(N)cc1Cl. The first-order chi connectivity index (χ1) is 6.79. The highest BCUT2D eigenvalue weighted by Gasteiger charge is 2.07. The van der Waals surface area contributed by atoms with Gasteiger partial charge in [-0.1, -0.05) is 11.6 Å². The third-order valence-corrected chi connectivity index (χ3v) is 1.66. The molecule has 1 aromatic carbocycles. The number of carbonyl (C=O) groups excluding carboxylic acids is 1. The van der Waals surface area contributed by atoms with Crippen LogP contribution in [-0.2, 0) is 0 Å². The quantitative estimate of drug-likeness (QED) is 0.651. The standard InChI is InChI=1S/C8H9ClN2O/c1-11-8(12)6-3-2-5(10)4-7(6)9/h2-4H,10H2,1H3,(H,11,12)/i1D3. The molecule has 1 amide bonds. The lowest BCUT2D eigenvalue weighted by Gasteiger charge is -2.02. The molecule has 1 aromatic rings. The number of hydrogen-bond acceptors (Lipinski definition) is 2. The highest BCUT2D eigenvalue weighted by atomic mass is 35.5. The normalized spacial score (nSPS) is 14.2. The van der Waals surface area contributed by atoms with Crippen LogP contribution in [0.15, 0.2) is 18.2 Å². The molecule has 4 heteroatoms. The molecule has 64 valence electrons. The van der Waals surface area contributed by atoms with E-state index >= 15 is 0 Å². The second kappa shape index (κ2) is 3.45. The van der Waals surface area contributed by atoms with Crippen molar-refractivity contribution in [1.82, 2.24) is 5.32 Å². The van der Waals surface area contributed by atoms with E-state index in [1.54, 1.807) is 0 Å². The van der Waals surface area contributed by atoms with Gasteiger partial charge in [0.15, 0.2) is 0 Å². The van der Waals surface area contributed by atoms with Crippen LogP contribution in [0.5, 0.6) is 0 Å². The Morgan fingerprint density at radius 3 is 3.08 bits per heavy atom. The van der Waals surface area contributed by atoms with E-state index in [1.807, 2.05) is 5.32 Å². The van der Waals surface area contributed by atoms with E-state index in [1.165, 1.54) is 18.2 Å². The molecule has 0 fully saturated rings. The van der Waals surface area contributed by atoms with Crippen LogP contribution < -0.4 is 11.1 Å². The van der Waals surface area contributed by atoms with E-state index in [9.17, 15) is 4.79 Å². The van der Waals surface area contributed by atoms with Crippen LogP contribution in [0.2, 0.25) is 5.02 Å². The van der Waals surface area contributed by atoms with E-state index in [4.69, 9.17) is 21.4 Å². The Kier molecular flexibility index (Phi) is 1.56.